The van der Waals surface area contributed by atoms with Gasteiger partial charge in [0.2, 0.25) is 0 Å². The maximum absolute atomic E-state index is 12.2. The second kappa shape index (κ2) is 5.04. The van der Waals surface area contributed by atoms with Gasteiger partial charge in [0.05, 0.1) is 17.0 Å². The first-order valence-electron chi connectivity index (χ1n) is 4.36. The van der Waals surface area contributed by atoms with E-state index in [0.717, 1.165) is 0 Å². The molecule has 0 radical (unpaired) electrons. The lowest BCUT2D eigenvalue weighted by Crippen LogP contribution is -2.14. The highest BCUT2D eigenvalue weighted by Crippen LogP contribution is 2.12. The van der Waals surface area contributed by atoms with Crippen LogP contribution in [0.4, 0.5) is 4.39 Å². The van der Waals surface area contributed by atoms with Crippen molar-refractivity contribution in [1.82, 2.24) is 0 Å². The average Bonchev–Trinajstić information content (AvgIpc) is 2.27. The molecule has 0 aliphatic carbocycles. The molecule has 0 saturated heterocycles. The van der Waals surface area contributed by atoms with Gasteiger partial charge in [0.1, 0.15) is 0 Å². The first-order valence-corrected chi connectivity index (χ1v) is 6.01. The lowest BCUT2D eigenvalue weighted by Gasteiger charge is -2.04. The molecule has 0 spiro atoms. The third kappa shape index (κ3) is 3.14. The summed E-state index contributed by atoms with van der Waals surface area (Å²) in [6, 6.07) is 7.90. The van der Waals surface area contributed by atoms with Gasteiger partial charge in [0, 0.05) is 6.54 Å². The first-order chi connectivity index (χ1) is 7.10. The molecule has 0 aliphatic heterocycles. The van der Waals surface area contributed by atoms with Crippen LogP contribution in [0, 0.1) is 0 Å². The maximum atomic E-state index is 12.2. The molecule has 82 valence electrons. The van der Waals surface area contributed by atoms with Crippen molar-refractivity contribution in [3.05, 3.63) is 42.2 Å². The summed E-state index contributed by atoms with van der Waals surface area (Å²) in [5, 5.41) is 0. The molecular formula is C10H12FNO2S. The molecule has 5 heteroatoms. The normalized spacial score (nSPS) is 12.8. The number of rotatable bonds is 4. The molecule has 0 heterocycles. The summed E-state index contributed by atoms with van der Waals surface area (Å²) in [7, 11) is -3.47. The fourth-order valence-electron chi connectivity index (χ4n) is 1.09. The summed E-state index contributed by atoms with van der Waals surface area (Å²) in [4.78, 5) is 0.179. The molecule has 0 bridgehead atoms. The van der Waals surface area contributed by atoms with Crippen LogP contribution < -0.4 is 5.73 Å². The minimum absolute atomic E-state index is 0.0684. The van der Waals surface area contributed by atoms with Crippen LogP contribution in [0.2, 0.25) is 0 Å². The van der Waals surface area contributed by atoms with Gasteiger partial charge in [-0.1, -0.05) is 18.2 Å². The van der Waals surface area contributed by atoms with Gasteiger partial charge in [-0.05, 0) is 17.7 Å². The maximum Gasteiger partial charge on any atom is 0.182 e. The molecule has 3 nitrogen and oxygen atoms in total. The third-order valence-corrected chi connectivity index (χ3v) is 3.64. The molecule has 15 heavy (non-hydrogen) atoms. The Labute approximate surface area is 88.3 Å². The molecule has 0 atom stereocenters. The zero-order valence-corrected chi connectivity index (χ0v) is 8.87. The van der Waals surface area contributed by atoms with Crippen LogP contribution in [0.15, 0.2) is 47.1 Å². The van der Waals surface area contributed by atoms with Gasteiger partial charge in [0.25, 0.3) is 0 Å². The predicted octanol–water partition coefficient (Wildman–Crippen LogP) is 1.27. The largest absolute Gasteiger partial charge is 0.327 e. The standard InChI is InChI=1S/C10H12FNO2S/c11-6-9(7-12)8-15(13,14)10-4-2-1-3-5-10/h1-6H,7-8,12H2. The summed E-state index contributed by atoms with van der Waals surface area (Å²) < 4.78 is 35.6. The van der Waals surface area contributed by atoms with Crippen LogP contribution in [0.25, 0.3) is 0 Å². The van der Waals surface area contributed by atoms with Gasteiger partial charge in [0.15, 0.2) is 9.84 Å². The molecule has 0 aliphatic rings. The SMILES string of the molecule is NCC(=CF)CS(=O)(=O)c1ccccc1. The number of benzene rings is 1. The number of halogens is 1. The van der Waals surface area contributed by atoms with Crippen molar-refractivity contribution in [1.29, 1.82) is 0 Å². The second-order valence-electron chi connectivity index (χ2n) is 3.04. The minimum atomic E-state index is -3.47. The molecular weight excluding hydrogens is 217 g/mol. The van der Waals surface area contributed by atoms with Gasteiger partial charge >= 0.3 is 0 Å². The van der Waals surface area contributed by atoms with E-state index in [1.54, 1.807) is 18.2 Å². The van der Waals surface area contributed by atoms with Crippen LogP contribution in [-0.4, -0.2) is 20.7 Å². The van der Waals surface area contributed by atoms with Gasteiger partial charge in [-0.3, -0.25) is 0 Å². The third-order valence-electron chi connectivity index (χ3n) is 1.89. The summed E-state index contributed by atoms with van der Waals surface area (Å²) in [6.45, 7) is -0.0947. The van der Waals surface area contributed by atoms with E-state index in [0.29, 0.717) is 0 Å². The van der Waals surface area contributed by atoms with E-state index in [1.807, 2.05) is 0 Å². The fraction of sp³-hybridized carbons (Fsp3) is 0.200. The average molecular weight is 229 g/mol. The Balaban J connectivity index is 2.95. The molecule has 0 amide bonds. The van der Waals surface area contributed by atoms with Crippen molar-refractivity contribution in [2.75, 3.05) is 12.3 Å². The zero-order valence-electron chi connectivity index (χ0n) is 8.06. The molecule has 0 fully saturated rings. The van der Waals surface area contributed by atoms with Gasteiger partial charge in [-0.15, -0.1) is 0 Å². The summed E-state index contributed by atoms with van der Waals surface area (Å²) >= 11 is 0. The van der Waals surface area contributed by atoms with Crippen LogP contribution in [-0.2, 0) is 9.84 Å². The van der Waals surface area contributed by atoms with Crippen LogP contribution in [0.5, 0.6) is 0 Å². The highest BCUT2D eigenvalue weighted by atomic mass is 32.2. The molecule has 1 rings (SSSR count). The molecule has 1 aromatic carbocycles. The Morgan fingerprint density at radius 2 is 1.93 bits per heavy atom. The smallest absolute Gasteiger partial charge is 0.182 e. The fourth-order valence-corrected chi connectivity index (χ4v) is 2.50. The van der Waals surface area contributed by atoms with Crippen molar-refractivity contribution >= 4 is 9.84 Å². The Morgan fingerprint density at radius 3 is 2.40 bits per heavy atom. The van der Waals surface area contributed by atoms with Crippen LogP contribution in [0.3, 0.4) is 0 Å². The van der Waals surface area contributed by atoms with E-state index < -0.39 is 9.84 Å². The van der Waals surface area contributed by atoms with Gasteiger partial charge in [-0.25, -0.2) is 12.8 Å². The topological polar surface area (TPSA) is 60.2 Å². The van der Waals surface area contributed by atoms with E-state index in [2.05, 4.69) is 0 Å². The van der Waals surface area contributed by atoms with E-state index in [1.165, 1.54) is 12.1 Å². The molecule has 2 N–H and O–H groups in total. The van der Waals surface area contributed by atoms with E-state index in [4.69, 9.17) is 5.73 Å². The Kier molecular flexibility index (Phi) is 3.99. The number of hydrogen-bond acceptors (Lipinski definition) is 3. The van der Waals surface area contributed by atoms with Crippen molar-refractivity contribution in [2.24, 2.45) is 5.73 Å². The molecule has 0 saturated carbocycles. The lowest BCUT2D eigenvalue weighted by molar-refractivity contribution is 0.596. The summed E-state index contributed by atoms with van der Waals surface area (Å²) in [5.74, 6) is -0.371. The zero-order chi connectivity index (χ0) is 11.3. The summed E-state index contributed by atoms with van der Waals surface area (Å²) in [5.41, 5.74) is 5.26. The van der Waals surface area contributed by atoms with Crippen LogP contribution in [0.1, 0.15) is 0 Å². The quantitative estimate of drug-likeness (QED) is 0.845. The Hall–Kier alpha value is -1.20. The van der Waals surface area contributed by atoms with Crippen molar-refractivity contribution < 1.29 is 12.8 Å². The second-order valence-corrected chi connectivity index (χ2v) is 5.03. The highest BCUT2D eigenvalue weighted by molar-refractivity contribution is 7.91. The summed E-state index contributed by atoms with van der Waals surface area (Å²) in [6.07, 6.45) is 0.250. The Morgan fingerprint density at radius 1 is 1.33 bits per heavy atom. The van der Waals surface area contributed by atoms with Gasteiger partial charge < -0.3 is 5.73 Å². The van der Waals surface area contributed by atoms with Crippen molar-refractivity contribution in [2.45, 2.75) is 4.90 Å². The number of sulfone groups is 1. The van der Waals surface area contributed by atoms with E-state index in [9.17, 15) is 12.8 Å². The molecule has 1 aromatic rings. The molecule has 0 unspecified atom stereocenters. The van der Waals surface area contributed by atoms with E-state index in [-0.39, 0.29) is 29.1 Å². The first kappa shape index (κ1) is 11.9. The predicted molar refractivity (Wildman–Crippen MR) is 56.7 cm³/mol. The highest BCUT2D eigenvalue weighted by Gasteiger charge is 2.15. The van der Waals surface area contributed by atoms with Crippen LogP contribution >= 0.6 is 0 Å². The van der Waals surface area contributed by atoms with E-state index >= 15 is 0 Å². The van der Waals surface area contributed by atoms with Gasteiger partial charge in [-0.2, -0.15) is 0 Å². The number of hydrogen-bond donors (Lipinski definition) is 1. The Bertz CT molecular complexity index is 440. The number of nitrogens with two attached hydrogens (primary N) is 1. The minimum Gasteiger partial charge on any atom is -0.327 e. The van der Waals surface area contributed by atoms with Crippen molar-refractivity contribution in [3.8, 4) is 0 Å². The molecule has 0 aromatic heterocycles. The monoisotopic (exact) mass is 229 g/mol. The van der Waals surface area contributed by atoms with Crippen molar-refractivity contribution in [3.63, 3.8) is 0 Å². The lowest BCUT2D eigenvalue weighted by atomic mass is 10.3.